The van der Waals surface area contributed by atoms with Crippen molar-refractivity contribution in [3.05, 3.63) is 0 Å². The van der Waals surface area contributed by atoms with Crippen LogP contribution >= 0.6 is 0 Å². The highest BCUT2D eigenvalue weighted by Crippen LogP contribution is 2.32. The predicted molar refractivity (Wildman–Crippen MR) is 101 cm³/mol. The summed E-state index contributed by atoms with van der Waals surface area (Å²) in [5.41, 5.74) is 0. The average Bonchev–Trinajstić information content (AvgIpc) is 2.83. The van der Waals surface area contributed by atoms with Gasteiger partial charge in [-0.25, -0.2) is 0 Å². The number of hydrogen-bond donors (Lipinski definition) is 11. The second kappa shape index (κ2) is 11.6. The third kappa shape index (κ3) is 5.37. The maximum Gasteiger partial charge on any atom is 0.187 e. The van der Waals surface area contributed by atoms with Gasteiger partial charge in [-0.1, -0.05) is 0 Å². The summed E-state index contributed by atoms with van der Waals surface area (Å²) in [5.74, 6) is 0. The fourth-order valence-electron chi connectivity index (χ4n) is 4.06. The van der Waals surface area contributed by atoms with Gasteiger partial charge in [-0.05, 0) is 0 Å². The van der Waals surface area contributed by atoms with Crippen LogP contribution in [0.15, 0.2) is 0 Å². The van der Waals surface area contributed by atoms with E-state index in [9.17, 15) is 56.2 Å². The van der Waals surface area contributed by atoms with Crippen molar-refractivity contribution in [3.63, 3.8) is 0 Å². The topological polar surface area (TPSA) is 269 Å². The van der Waals surface area contributed by atoms with Crippen LogP contribution in [0.3, 0.4) is 0 Å². The monoisotopic (exact) mass is 504 g/mol. The lowest BCUT2D eigenvalue weighted by atomic mass is 9.96. The number of rotatable bonds is 7. The third-order valence-electron chi connectivity index (χ3n) is 6.09. The molecule has 0 unspecified atom stereocenters. The van der Waals surface area contributed by atoms with Crippen molar-refractivity contribution in [2.45, 2.75) is 92.1 Å². The molecule has 0 amide bonds. The summed E-state index contributed by atoms with van der Waals surface area (Å²) >= 11 is 0. The van der Waals surface area contributed by atoms with Crippen molar-refractivity contribution < 1.29 is 79.9 Å². The van der Waals surface area contributed by atoms with Crippen molar-refractivity contribution >= 4 is 0 Å². The highest BCUT2D eigenvalue weighted by Gasteiger charge is 2.53. The van der Waals surface area contributed by atoms with E-state index in [4.69, 9.17) is 23.7 Å². The summed E-state index contributed by atoms with van der Waals surface area (Å²) in [6, 6.07) is 0. The zero-order valence-corrected chi connectivity index (χ0v) is 17.7. The molecule has 3 rings (SSSR count). The van der Waals surface area contributed by atoms with Gasteiger partial charge in [0.1, 0.15) is 73.2 Å². The molecule has 34 heavy (non-hydrogen) atoms. The molecule has 0 spiro atoms. The van der Waals surface area contributed by atoms with Gasteiger partial charge in [-0.15, -0.1) is 0 Å². The van der Waals surface area contributed by atoms with Crippen molar-refractivity contribution in [2.24, 2.45) is 0 Å². The van der Waals surface area contributed by atoms with E-state index in [1.807, 2.05) is 0 Å². The summed E-state index contributed by atoms with van der Waals surface area (Å²) in [6.07, 6.45) is -25.1. The lowest BCUT2D eigenvalue weighted by Crippen LogP contribution is -2.66. The standard InChI is InChI=1S/C18H32O16/c19-1-4-7(22)8(23)12(27)17(31-4)34-15-6(3-21)32-18(13(28)10(15)25)33-14-5(2-20)30-16(29)11(26)9(14)24/h4-29H,1-3H2/t4-,5-,6-,7-,8+,9-,10-,11+,12+,13+,14-,15-,16-,17-,18-/m1/s1. The van der Waals surface area contributed by atoms with Gasteiger partial charge < -0.3 is 79.9 Å². The van der Waals surface area contributed by atoms with Crippen molar-refractivity contribution in [1.82, 2.24) is 0 Å². The predicted octanol–water partition coefficient (Wildman–Crippen LogP) is -7.57. The van der Waals surface area contributed by atoms with Gasteiger partial charge in [-0.3, -0.25) is 0 Å². The molecular weight excluding hydrogens is 472 g/mol. The number of aliphatic hydroxyl groups excluding tert-OH is 11. The van der Waals surface area contributed by atoms with E-state index < -0.39 is 112 Å². The quantitative estimate of drug-likeness (QED) is 0.154. The van der Waals surface area contributed by atoms with Crippen molar-refractivity contribution in [2.75, 3.05) is 19.8 Å². The number of aliphatic hydroxyl groups is 11. The second-order valence-electron chi connectivity index (χ2n) is 8.33. The van der Waals surface area contributed by atoms with Crippen molar-refractivity contribution in [3.8, 4) is 0 Å². The van der Waals surface area contributed by atoms with E-state index in [-0.39, 0.29) is 0 Å². The molecule has 3 aliphatic heterocycles. The van der Waals surface area contributed by atoms with E-state index >= 15 is 0 Å². The van der Waals surface area contributed by atoms with Crippen LogP contribution in [-0.2, 0) is 23.7 Å². The van der Waals surface area contributed by atoms with Gasteiger partial charge in [0, 0.05) is 0 Å². The van der Waals surface area contributed by atoms with Crippen LogP contribution in [0.1, 0.15) is 0 Å². The van der Waals surface area contributed by atoms with Crippen LogP contribution < -0.4 is 0 Å². The summed E-state index contributed by atoms with van der Waals surface area (Å²) in [4.78, 5) is 0. The Hall–Kier alpha value is -0.640. The molecule has 3 aliphatic rings. The fraction of sp³-hybridized carbons (Fsp3) is 1.00. The minimum Gasteiger partial charge on any atom is -0.394 e. The molecule has 0 aliphatic carbocycles. The van der Waals surface area contributed by atoms with Crippen LogP contribution in [-0.4, -0.2) is 168 Å². The van der Waals surface area contributed by atoms with Crippen LogP contribution in [0.2, 0.25) is 0 Å². The Morgan fingerprint density at radius 1 is 0.441 bits per heavy atom. The maximum absolute atomic E-state index is 10.6. The molecule has 15 atom stereocenters. The molecule has 0 bridgehead atoms. The first-order chi connectivity index (χ1) is 16.0. The minimum atomic E-state index is -1.91. The average molecular weight is 504 g/mol. The van der Waals surface area contributed by atoms with Crippen molar-refractivity contribution in [1.29, 1.82) is 0 Å². The second-order valence-corrected chi connectivity index (χ2v) is 8.33. The Labute approximate surface area is 192 Å². The minimum absolute atomic E-state index is 0.741. The molecule has 3 heterocycles. The summed E-state index contributed by atoms with van der Waals surface area (Å²) in [5, 5.41) is 109. The molecule has 11 N–H and O–H groups in total. The Morgan fingerprint density at radius 2 is 0.853 bits per heavy atom. The molecule has 3 fully saturated rings. The first-order valence-electron chi connectivity index (χ1n) is 10.6. The first kappa shape index (κ1) is 27.9. The van der Waals surface area contributed by atoms with Crippen LogP contribution in [0.25, 0.3) is 0 Å². The van der Waals surface area contributed by atoms with Gasteiger partial charge in [-0.2, -0.15) is 0 Å². The fourth-order valence-corrected chi connectivity index (χ4v) is 4.06. The normalized spacial score (nSPS) is 52.5. The molecule has 0 radical (unpaired) electrons. The lowest BCUT2D eigenvalue weighted by Gasteiger charge is -2.47. The van der Waals surface area contributed by atoms with Crippen LogP contribution in [0.4, 0.5) is 0 Å². The molecule has 0 aromatic heterocycles. The van der Waals surface area contributed by atoms with E-state index in [0.717, 1.165) is 0 Å². The molecular formula is C18H32O16. The molecule has 0 saturated carbocycles. The van der Waals surface area contributed by atoms with E-state index in [1.54, 1.807) is 0 Å². The zero-order valence-electron chi connectivity index (χ0n) is 17.7. The number of ether oxygens (including phenoxy) is 5. The highest BCUT2D eigenvalue weighted by atomic mass is 16.8. The smallest absolute Gasteiger partial charge is 0.187 e. The first-order valence-corrected chi connectivity index (χ1v) is 10.6. The maximum atomic E-state index is 10.6. The summed E-state index contributed by atoms with van der Waals surface area (Å²) < 4.78 is 26.4. The molecule has 0 aromatic rings. The molecule has 200 valence electrons. The Kier molecular flexibility index (Phi) is 9.54. The summed E-state index contributed by atoms with van der Waals surface area (Å²) in [7, 11) is 0. The van der Waals surface area contributed by atoms with Gasteiger partial charge in [0.05, 0.1) is 19.8 Å². The van der Waals surface area contributed by atoms with E-state index in [0.29, 0.717) is 0 Å². The molecule has 16 nitrogen and oxygen atoms in total. The molecule has 3 saturated heterocycles. The lowest BCUT2D eigenvalue weighted by molar-refractivity contribution is -0.377. The Bertz CT molecular complexity index is 635. The van der Waals surface area contributed by atoms with E-state index in [2.05, 4.69) is 0 Å². The third-order valence-corrected chi connectivity index (χ3v) is 6.09. The largest absolute Gasteiger partial charge is 0.394 e. The highest BCUT2D eigenvalue weighted by molar-refractivity contribution is 4.96. The molecule has 0 aromatic carbocycles. The van der Waals surface area contributed by atoms with Gasteiger partial charge in [0.15, 0.2) is 18.9 Å². The SMILES string of the molecule is OC[C@H]1O[C@H](O[C@H]2[C@H](O)[C@H](O)[C@@H](O[C@H]3[C@H](O)[C@H](O)[C@H](O)O[C@@H]3CO)O[C@@H]2CO)[C@@H](O)[C@@H](O)[C@@H]1O. The Morgan fingerprint density at radius 3 is 1.35 bits per heavy atom. The summed E-state index contributed by atoms with van der Waals surface area (Å²) in [6.45, 7) is -2.32. The van der Waals surface area contributed by atoms with E-state index in [1.165, 1.54) is 0 Å². The number of hydrogen-bond acceptors (Lipinski definition) is 16. The molecule has 16 heteroatoms. The zero-order chi connectivity index (χ0) is 25.3. The van der Waals surface area contributed by atoms with Crippen LogP contribution in [0.5, 0.6) is 0 Å². The van der Waals surface area contributed by atoms with Gasteiger partial charge in [0.2, 0.25) is 0 Å². The van der Waals surface area contributed by atoms with Crippen LogP contribution in [0, 0.1) is 0 Å². The Balaban J connectivity index is 1.72. The van der Waals surface area contributed by atoms with Gasteiger partial charge >= 0.3 is 0 Å². The van der Waals surface area contributed by atoms with Gasteiger partial charge in [0.25, 0.3) is 0 Å².